The Hall–Kier alpha value is -1.40. The summed E-state index contributed by atoms with van der Waals surface area (Å²) in [4.78, 5) is 13.2. The van der Waals surface area contributed by atoms with E-state index in [1.807, 2.05) is 18.2 Å². The number of nitrogens with zero attached hydrogens (tertiary/aromatic N) is 1. The van der Waals surface area contributed by atoms with Crippen molar-refractivity contribution in [2.75, 3.05) is 19.8 Å². The van der Waals surface area contributed by atoms with Gasteiger partial charge in [-0.05, 0) is 18.2 Å². The molecular formula is C13H15NOS. The molecule has 0 bridgehead atoms. The van der Waals surface area contributed by atoms with E-state index < -0.39 is 0 Å². The van der Waals surface area contributed by atoms with Gasteiger partial charge in [-0.1, -0.05) is 17.9 Å². The lowest BCUT2D eigenvalue weighted by molar-refractivity contribution is 0.0827. The molecule has 0 radical (unpaired) electrons. The van der Waals surface area contributed by atoms with Gasteiger partial charge in [0.15, 0.2) is 0 Å². The molecule has 0 N–H and O–H groups in total. The molecule has 0 spiro atoms. The maximum Gasteiger partial charge on any atom is 0.253 e. The summed E-state index contributed by atoms with van der Waals surface area (Å²) in [7, 11) is 3.48. The Morgan fingerprint density at radius 3 is 2.81 bits per heavy atom. The van der Waals surface area contributed by atoms with Crippen molar-refractivity contribution < 1.29 is 4.79 Å². The van der Waals surface area contributed by atoms with Crippen molar-refractivity contribution in [1.82, 2.24) is 4.90 Å². The molecule has 84 valence electrons. The molecule has 1 aromatic carbocycles. The van der Waals surface area contributed by atoms with E-state index in [2.05, 4.69) is 24.5 Å². The van der Waals surface area contributed by atoms with Crippen LogP contribution in [0.1, 0.15) is 22.3 Å². The van der Waals surface area contributed by atoms with Gasteiger partial charge in [-0.25, -0.2) is 0 Å². The standard InChI is InChI=1S/C13H15NOS/c1-14(2)13(15)12-8-5-7-11(10-12)6-3-4-9-16/h5,7-8,10,16H,4,9H2,1-2H3. The average Bonchev–Trinajstić information content (AvgIpc) is 2.29. The van der Waals surface area contributed by atoms with E-state index in [-0.39, 0.29) is 5.91 Å². The van der Waals surface area contributed by atoms with E-state index in [0.29, 0.717) is 5.56 Å². The fourth-order valence-corrected chi connectivity index (χ4v) is 1.32. The normalized spacial score (nSPS) is 9.19. The van der Waals surface area contributed by atoms with Crippen molar-refractivity contribution >= 4 is 18.5 Å². The van der Waals surface area contributed by atoms with Crippen LogP contribution in [0.25, 0.3) is 0 Å². The molecule has 3 heteroatoms. The first kappa shape index (κ1) is 12.7. The molecule has 16 heavy (non-hydrogen) atoms. The second kappa shape index (κ2) is 6.24. The summed E-state index contributed by atoms with van der Waals surface area (Å²) >= 11 is 4.08. The van der Waals surface area contributed by atoms with Gasteiger partial charge in [-0.2, -0.15) is 12.6 Å². The quantitative estimate of drug-likeness (QED) is 0.612. The molecule has 1 rings (SSSR count). The average molecular weight is 233 g/mol. The fraction of sp³-hybridized carbons (Fsp3) is 0.308. The summed E-state index contributed by atoms with van der Waals surface area (Å²) in [5.41, 5.74) is 1.54. The summed E-state index contributed by atoms with van der Waals surface area (Å²) in [6.07, 6.45) is 0.759. The molecule has 0 atom stereocenters. The van der Waals surface area contributed by atoms with Gasteiger partial charge in [0.05, 0.1) is 0 Å². The van der Waals surface area contributed by atoms with Crippen LogP contribution in [0.5, 0.6) is 0 Å². The zero-order valence-electron chi connectivity index (χ0n) is 9.53. The number of benzene rings is 1. The topological polar surface area (TPSA) is 20.3 Å². The molecule has 1 amide bonds. The highest BCUT2D eigenvalue weighted by Gasteiger charge is 2.06. The van der Waals surface area contributed by atoms with Crippen LogP contribution in [0.4, 0.5) is 0 Å². The van der Waals surface area contributed by atoms with Gasteiger partial charge in [0.1, 0.15) is 0 Å². The fourth-order valence-electron chi connectivity index (χ4n) is 1.21. The van der Waals surface area contributed by atoms with Crippen LogP contribution >= 0.6 is 12.6 Å². The maximum atomic E-state index is 11.7. The number of thiol groups is 1. The number of amides is 1. The Kier molecular flexibility index (Phi) is 4.94. The largest absolute Gasteiger partial charge is 0.345 e. The Bertz CT molecular complexity index is 429. The number of carbonyl (C=O) groups is 1. The molecule has 0 aliphatic carbocycles. The third-order valence-corrected chi connectivity index (χ3v) is 2.21. The van der Waals surface area contributed by atoms with Crippen LogP contribution in [0.2, 0.25) is 0 Å². The highest BCUT2D eigenvalue weighted by atomic mass is 32.1. The molecule has 0 aliphatic rings. The second-order valence-electron chi connectivity index (χ2n) is 3.56. The van der Waals surface area contributed by atoms with Gasteiger partial charge in [-0.3, -0.25) is 4.79 Å². The first-order valence-electron chi connectivity index (χ1n) is 5.06. The first-order valence-corrected chi connectivity index (χ1v) is 5.70. The van der Waals surface area contributed by atoms with E-state index in [0.717, 1.165) is 17.7 Å². The van der Waals surface area contributed by atoms with E-state index in [9.17, 15) is 4.79 Å². The molecule has 2 nitrogen and oxygen atoms in total. The maximum absolute atomic E-state index is 11.7. The van der Waals surface area contributed by atoms with Crippen LogP contribution in [0.15, 0.2) is 24.3 Å². The highest BCUT2D eigenvalue weighted by Crippen LogP contribution is 2.06. The van der Waals surface area contributed by atoms with Crippen LogP contribution < -0.4 is 0 Å². The predicted octanol–water partition coefficient (Wildman–Crippen LogP) is 2.06. The van der Waals surface area contributed by atoms with Crippen molar-refractivity contribution in [3.05, 3.63) is 35.4 Å². The van der Waals surface area contributed by atoms with Gasteiger partial charge in [0.2, 0.25) is 0 Å². The lowest BCUT2D eigenvalue weighted by Gasteiger charge is -2.09. The zero-order valence-corrected chi connectivity index (χ0v) is 10.4. The smallest absolute Gasteiger partial charge is 0.253 e. The van der Waals surface area contributed by atoms with Crippen molar-refractivity contribution in [1.29, 1.82) is 0 Å². The van der Waals surface area contributed by atoms with Crippen molar-refractivity contribution in [3.8, 4) is 11.8 Å². The van der Waals surface area contributed by atoms with Crippen molar-refractivity contribution in [2.45, 2.75) is 6.42 Å². The first-order chi connectivity index (χ1) is 7.65. The molecule has 1 aromatic rings. The van der Waals surface area contributed by atoms with Gasteiger partial charge in [-0.15, -0.1) is 0 Å². The lowest BCUT2D eigenvalue weighted by Crippen LogP contribution is -2.21. The molecule has 0 fully saturated rings. The molecule has 0 saturated heterocycles. The van der Waals surface area contributed by atoms with Crippen molar-refractivity contribution in [2.24, 2.45) is 0 Å². The summed E-state index contributed by atoms with van der Waals surface area (Å²) in [5.74, 6) is 6.76. The minimum atomic E-state index is -0.00200. The molecule has 0 unspecified atom stereocenters. The zero-order chi connectivity index (χ0) is 12.0. The monoisotopic (exact) mass is 233 g/mol. The minimum absolute atomic E-state index is 0.00200. The summed E-state index contributed by atoms with van der Waals surface area (Å²) < 4.78 is 0. The summed E-state index contributed by atoms with van der Waals surface area (Å²) in [6.45, 7) is 0. The van der Waals surface area contributed by atoms with E-state index in [4.69, 9.17) is 0 Å². The van der Waals surface area contributed by atoms with Gasteiger partial charge >= 0.3 is 0 Å². The molecule has 0 aromatic heterocycles. The summed E-state index contributed by atoms with van der Waals surface area (Å²) in [6, 6.07) is 7.36. The third kappa shape index (κ3) is 3.63. The minimum Gasteiger partial charge on any atom is -0.345 e. The SMILES string of the molecule is CN(C)C(=O)c1cccc(C#CCCS)c1. The van der Waals surface area contributed by atoms with Gasteiger partial charge < -0.3 is 4.90 Å². The Morgan fingerprint density at radius 1 is 1.44 bits per heavy atom. The van der Waals surface area contributed by atoms with E-state index in [1.54, 1.807) is 25.1 Å². The van der Waals surface area contributed by atoms with Crippen LogP contribution in [0, 0.1) is 11.8 Å². The van der Waals surface area contributed by atoms with E-state index in [1.165, 1.54) is 0 Å². The van der Waals surface area contributed by atoms with Crippen LogP contribution in [-0.2, 0) is 0 Å². The molecule has 0 saturated carbocycles. The third-order valence-electron chi connectivity index (χ3n) is 1.99. The Labute approximate surface area is 102 Å². The number of carbonyl (C=O) groups excluding carboxylic acids is 1. The second-order valence-corrected chi connectivity index (χ2v) is 4.00. The predicted molar refractivity (Wildman–Crippen MR) is 69.8 cm³/mol. The summed E-state index contributed by atoms with van der Waals surface area (Å²) in [5, 5.41) is 0. The number of hydrogen-bond acceptors (Lipinski definition) is 2. The molecule has 0 heterocycles. The van der Waals surface area contributed by atoms with Crippen LogP contribution in [0.3, 0.4) is 0 Å². The number of rotatable bonds is 2. The Morgan fingerprint density at radius 2 is 2.19 bits per heavy atom. The Balaban J connectivity index is 2.88. The number of hydrogen-bond donors (Lipinski definition) is 1. The van der Waals surface area contributed by atoms with Crippen molar-refractivity contribution in [3.63, 3.8) is 0 Å². The van der Waals surface area contributed by atoms with Gasteiger partial charge in [0, 0.05) is 37.4 Å². The highest BCUT2D eigenvalue weighted by molar-refractivity contribution is 7.80. The molecular weight excluding hydrogens is 218 g/mol. The van der Waals surface area contributed by atoms with E-state index >= 15 is 0 Å². The molecule has 0 aliphatic heterocycles. The van der Waals surface area contributed by atoms with Crippen LogP contribution in [-0.4, -0.2) is 30.7 Å². The van der Waals surface area contributed by atoms with Gasteiger partial charge in [0.25, 0.3) is 5.91 Å². The lowest BCUT2D eigenvalue weighted by atomic mass is 10.1.